The third-order valence-corrected chi connectivity index (χ3v) is 8.35. The van der Waals surface area contributed by atoms with Gasteiger partial charge in [-0.25, -0.2) is 4.79 Å². The number of ether oxygens (including phenoxy) is 1. The Labute approximate surface area is 272 Å². The molecule has 2 aliphatic heterocycles. The number of carbonyl (C=O) groups is 5. The maximum Gasteiger partial charge on any atom is 0.339 e. The van der Waals surface area contributed by atoms with Crippen molar-refractivity contribution in [2.45, 2.75) is 32.2 Å². The van der Waals surface area contributed by atoms with Crippen LogP contribution in [0.3, 0.4) is 0 Å². The predicted octanol–water partition coefficient (Wildman–Crippen LogP) is 5.49. The van der Waals surface area contributed by atoms with Crippen LogP contribution in [0.15, 0.2) is 132 Å². The van der Waals surface area contributed by atoms with E-state index in [2.05, 4.69) is 26.1 Å². The molecule has 8 nitrogen and oxygen atoms in total. The molecule has 1 amide bonds. The summed E-state index contributed by atoms with van der Waals surface area (Å²) in [5, 5.41) is 2.57. The third-order valence-electron chi connectivity index (χ3n) is 8.35. The lowest BCUT2D eigenvalue weighted by atomic mass is 9.86. The largest absolute Gasteiger partial charge is 0.465 e. The van der Waals surface area contributed by atoms with Crippen molar-refractivity contribution >= 4 is 40.5 Å². The van der Waals surface area contributed by atoms with Crippen molar-refractivity contribution in [3.63, 3.8) is 0 Å². The quantitative estimate of drug-likeness (QED) is 0.227. The van der Waals surface area contributed by atoms with Crippen molar-refractivity contribution in [1.82, 2.24) is 10.2 Å². The molecule has 1 unspecified atom stereocenters. The number of methoxy groups -OCH3 is 1. The summed E-state index contributed by atoms with van der Waals surface area (Å²) in [7, 11) is 1.22. The zero-order valence-electron chi connectivity index (χ0n) is 26.4. The lowest BCUT2D eigenvalue weighted by Crippen LogP contribution is -2.48. The summed E-state index contributed by atoms with van der Waals surface area (Å²) >= 11 is 0. The highest BCUT2D eigenvalue weighted by Crippen LogP contribution is 2.45. The van der Waals surface area contributed by atoms with Gasteiger partial charge in [-0.15, -0.1) is 0 Å². The summed E-state index contributed by atoms with van der Waals surface area (Å²) in [5.74, 6) is -2.96. The zero-order chi connectivity index (χ0) is 33.5. The first-order valence-electron chi connectivity index (χ1n) is 15.1. The summed E-state index contributed by atoms with van der Waals surface area (Å²) < 4.78 is 5.11. The molecule has 1 N–H and O–H groups in total. The van der Waals surface area contributed by atoms with E-state index in [1.165, 1.54) is 31.5 Å². The Morgan fingerprint density at radius 1 is 0.787 bits per heavy atom. The molecular formula is C39H32N2O6. The molecule has 8 heteroatoms. The van der Waals surface area contributed by atoms with E-state index >= 15 is 0 Å². The number of nitrogens with zero attached hydrogens (tertiary/aromatic N) is 1. The molecule has 3 aliphatic rings. The topological polar surface area (TPSA) is 110 Å². The van der Waals surface area contributed by atoms with Crippen LogP contribution in [0.2, 0.25) is 0 Å². The number of hydrogen-bond acceptors (Lipinski definition) is 7. The molecule has 1 aliphatic carbocycles. The Balaban J connectivity index is 1.42. The van der Waals surface area contributed by atoms with E-state index in [9.17, 15) is 24.0 Å². The van der Waals surface area contributed by atoms with Crippen LogP contribution in [0.4, 0.5) is 0 Å². The van der Waals surface area contributed by atoms with Gasteiger partial charge in [0.2, 0.25) is 5.78 Å². The molecule has 0 radical (unpaired) electrons. The Morgan fingerprint density at radius 2 is 1.40 bits per heavy atom. The second kappa shape index (κ2) is 12.1. The van der Waals surface area contributed by atoms with E-state index in [-0.39, 0.29) is 39.2 Å². The number of rotatable bonds is 5. The van der Waals surface area contributed by atoms with Crippen molar-refractivity contribution in [2.75, 3.05) is 7.11 Å². The van der Waals surface area contributed by atoms with Crippen molar-refractivity contribution in [2.24, 2.45) is 0 Å². The fraction of sp³-hybridized carbons (Fsp3) is 0.154. The molecule has 0 saturated carbocycles. The molecule has 3 aromatic rings. The monoisotopic (exact) mass is 624 g/mol. The van der Waals surface area contributed by atoms with Gasteiger partial charge in [0, 0.05) is 22.9 Å². The molecule has 0 aromatic heterocycles. The lowest BCUT2D eigenvalue weighted by Gasteiger charge is -2.27. The van der Waals surface area contributed by atoms with E-state index in [0.29, 0.717) is 16.8 Å². The van der Waals surface area contributed by atoms with Crippen molar-refractivity contribution in [1.29, 1.82) is 0 Å². The van der Waals surface area contributed by atoms with Gasteiger partial charge in [0.15, 0.2) is 17.6 Å². The molecule has 234 valence electrons. The summed E-state index contributed by atoms with van der Waals surface area (Å²) in [6.45, 7) is 6.17. The second-order valence-corrected chi connectivity index (χ2v) is 12.4. The summed E-state index contributed by atoms with van der Waals surface area (Å²) in [5.41, 5.74) is 3.96. The number of nitrogens with one attached hydrogen (secondary N) is 1. The minimum absolute atomic E-state index is 0.0102. The van der Waals surface area contributed by atoms with E-state index in [1.54, 1.807) is 17.0 Å². The van der Waals surface area contributed by atoms with E-state index in [4.69, 9.17) is 4.74 Å². The number of fused-ring (bicyclic) bond motifs is 1. The van der Waals surface area contributed by atoms with Crippen molar-refractivity contribution < 1.29 is 28.7 Å². The highest BCUT2D eigenvalue weighted by molar-refractivity contribution is 6.38. The van der Waals surface area contributed by atoms with Gasteiger partial charge in [-0.2, -0.15) is 0 Å². The van der Waals surface area contributed by atoms with E-state index < -0.39 is 29.5 Å². The molecule has 0 bridgehead atoms. The molecule has 3 aromatic carbocycles. The van der Waals surface area contributed by atoms with Gasteiger partial charge >= 0.3 is 5.97 Å². The molecule has 2 heterocycles. The standard InChI is InChI=1S/C39H32N2O6/c1-39(2,3)26-17-15-25(16-18-26)37(45)40-33-31(42)20-19-27(35(33)43)28-21-30-36(44)32(23-11-7-5-8-12-23)34(24-13-9-6-10-14-24)41(30)22-29(28)38(46)47-4/h5-22,33H,1-4H3,(H,40,45). The SMILES string of the molecule is COC(=O)C1=CN2C(=CC1=C1C=CC(=O)C(NC(=O)c3ccc(C(C)(C)C)cc3)C1=O)C(=O)C(c1ccccc1)=C2c1ccccc1. The van der Waals surface area contributed by atoms with Gasteiger partial charge in [-0.3, -0.25) is 19.2 Å². The number of Topliss-reactive ketones (excluding diaryl/α,β-unsaturated/α-hetero) is 2. The van der Waals surface area contributed by atoms with Crippen LogP contribution >= 0.6 is 0 Å². The van der Waals surface area contributed by atoms with E-state index in [0.717, 1.165) is 11.1 Å². The van der Waals surface area contributed by atoms with Crippen LogP contribution in [0.5, 0.6) is 0 Å². The van der Waals surface area contributed by atoms with Crippen LogP contribution in [-0.2, 0) is 29.3 Å². The van der Waals surface area contributed by atoms with Gasteiger partial charge in [0.05, 0.1) is 29.7 Å². The average Bonchev–Trinajstić information content (AvgIpc) is 3.37. The van der Waals surface area contributed by atoms with Gasteiger partial charge in [0.25, 0.3) is 5.91 Å². The van der Waals surface area contributed by atoms with Gasteiger partial charge in [-0.05, 0) is 52.5 Å². The van der Waals surface area contributed by atoms with Crippen LogP contribution < -0.4 is 5.32 Å². The van der Waals surface area contributed by atoms with Crippen LogP contribution in [-0.4, -0.2) is 47.3 Å². The molecule has 0 saturated heterocycles. The second-order valence-electron chi connectivity index (χ2n) is 12.4. The Bertz CT molecular complexity index is 1990. The summed E-state index contributed by atoms with van der Waals surface area (Å²) in [6, 6.07) is 24.0. The van der Waals surface area contributed by atoms with Gasteiger partial charge in [0.1, 0.15) is 0 Å². The minimum atomic E-state index is -1.52. The first kappa shape index (κ1) is 31.1. The number of carbonyl (C=O) groups excluding carboxylic acids is 5. The number of ketones is 3. The molecule has 6 rings (SSSR count). The smallest absolute Gasteiger partial charge is 0.339 e. The Kier molecular flexibility index (Phi) is 8.03. The third kappa shape index (κ3) is 5.70. The van der Waals surface area contributed by atoms with E-state index in [1.807, 2.05) is 72.8 Å². The molecule has 0 spiro atoms. The van der Waals surface area contributed by atoms with Gasteiger partial charge in [-0.1, -0.05) is 93.6 Å². The Morgan fingerprint density at radius 3 is 2.00 bits per heavy atom. The normalized spacial score (nSPS) is 19.4. The summed E-state index contributed by atoms with van der Waals surface area (Å²) in [6.07, 6.45) is 5.47. The van der Waals surface area contributed by atoms with Crippen LogP contribution in [0.25, 0.3) is 11.3 Å². The molecular weight excluding hydrogens is 592 g/mol. The van der Waals surface area contributed by atoms with Gasteiger partial charge < -0.3 is 15.0 Å². The first-order valence-corrected chi connectivity index (χ1v) is 15.1. The van der Waals surface area contributed by atoms with Crippen LogP contribution in [0, 0.1) is 0 Å². The molecule has 47 heavy (non-hydrogen) atoms. The van der Waals surface area contributed by atoms with Crippen LogP contribution in [0.1, 0.15) is 47.8 Å². The fourth-order valence-corrected chi connectivity index (χ4v) is 5.84. The van der Waals surface area contributed by atoms with Crippen molar-refractivity contribution in [3.8, 4) is 0 Å². The first-order chi connectivity index (χ1) is 22.5. The highest BCUT2D eigenvalue weighted by atomic mass is 16.5. The lowest BCUT2D eigenvalue weighted by molar-refractivity contribution is -0.135. The zero-order valence-corrected chi connectivity index (χ0v) is 26.4. The Hall–Kier alpha value is -5.89. The minimum Gasteiger partial charge on any atom is -0.465 e. The number of hydrogen-bond donors (Lipinski definition) is 1. The number of benzene rings is 3. The van der Waals surface area contributed by atoms with Crippen molar-refractivity contribution in [3.05, 3.63) is 154 Å². The molecule has 1 atom stereocenters. The number of esters is 1. The maximum absolute atomic E-state index is 14.1. The fourth-order valence-electron chi connectivity index (χ4n) is 5.84. The maximum atomic E-state index is 14.1. The predicted molar refractivity (Wildman–Crippen MR) is 177 cm³/mol. The molecule has 0 fully saturated rings. The number of amides is 1. The highest BCUT2D eigenvalue weighted by Gasteiger charge is 2.41. The average molecular weight is 625 g/mol. The number of allylic oxidation sites excluding steroid dienone is 3. The summed E-state index contributed by atoms with van der Waals surface area (Å²) in [4.78, 5) is 69.1.